The first-order valence-corrected chi connectivity index (χ1v) is 6.23. The van der Waals surface area contributed by atoms with Gasteiger partial charge in [-0.25, -0.2) is 0 Å². The highest BCUT2D eigenvalue weighted by Crippen LogP contribution is 2.15. The molecule has 5 heteroatoms. The molecule has 1 aromatic heterocycles. The zero-order valence-corrected chi connectivity index (χ0v) is 11.2. The predicted molar refractivity (Wildman–Crippen MR) is 76.0 cm³/mol. The van der Waals surface area contributed by atoms with Crippen LogP contribution in [0.15, 0.2) is 48.8 Å². The van der Waals surface area contributed by atoms with Crippen LogP contribution in [0.1, 0.15) is 10.4 Å². The van der Waals surface area contributed by atoms with Crippen molar-refractivity contribution in [3.05, 3.63) is 54.4 Å². The van der Waals surface area contributed by atoms with Gasteiger partial charge in [0.05, 0.1) is 6.61 Å². The Hall–Kier alpha value is -2.40. The molecule has 2 rings (SSSR count). The summed E-state index contributed by atoms with van der Waals surface area (Å²) >= 11 is 0. The monoisotopic (exact) mass is 272 g/mol. The molecule has 20 heavy (non-hydrogen) atoms. The number of rotatable bonds is 6. The predicted octanol–water partition coefficient (Wildman–Crippen LogP) is 2.36. The van der Waals surface area contributed by atoms with Crippen LogP contribution < -0.4 is 10.1 Å². The number of hydrogen-bond acceptors (Lipinski definition) is 4. The second-order valence-electron chi connectivity index (χ2n) is 4.06. The molecule has 104 valence electrons. The number of pyridine rings is 1. The highest BCUT2D eigenvalue weighted by atomic mass is 16.5. The third kappa shape index (κ3) is 4.07. The molecule has 0 atom stereocenters. The molecule has 0 saturated heterocycles. The van der Waals surface area contributed by atoms with E-state index >= 15 is 0 Å². The molecule has 0 radical (unpaired) electrons. The molecule has 0 fully saturated rings. The summed E-state index contributed by atoms with van der Waals surface area (Å²) in [6, 6.07) is 10.5. The lowest BCUT2D eigenvalue weighted by Gasteiger charge is -2.08. The fraction of sp³-hybridized carbons (Fsp3) is 0.200. The fourth-order valence-electron chi connectivity index (χ4n) is 1.61. The molecule has 1 aromatic carbocycles. The second kappa shape index (κ2) is 7.25. The average Bonchev–Trinajstić information content (AvgIpc) is 2.49. The number of carbonyl (C=O) groups excluding carboxylic acids is 1. The van der Waals surface area contributed by atoms with E-state index in [9.17, 15) is 4.79 Å². The molecule has 5 nitrogen and oxygen atoms in total. The number of benzene rings is 1. The highest BCUT2D eigenvalue weighted by Gasteiger charge is 2.07. The van der Waals surface area contributed by atoms with E-state index in [0.29, 0.717) is 30.2 Å². The van der Waals surface area contributed by atoms with Crippen LogP contribution in [-0.4, -0.2) is 31.2 Å². The lowest BCUT2D eigenvalue weighted by Crippen LogP contribution is -2.12. The summed E-state index contributed by atoms with van der Waals surface area (Å²) in [6.45, 7) is 0.958. The third-order valence-corrected chi connectivity index (χ3v) is 2.59. The SMILES string of the molecule is COCCOc1cccc(C(=O)Nc2ccncc2)c1. The Morgan fingerprint density at radius 3 is 2.75 bits per heavy atom. The number of carbonyl (C=O) groups is 1. The van der Waals surface area contributed by atoms with Gasteiger partial charge in [0.15, 0.2) is 0 Å². The molecule has 0 unspecified atom stereocenters. The van der Waals surface area contributed by atoms with E-state index < -0.39 is 0 Å². The first-order valence-electron chi connectivity index (χ1n) is 6.23. The first kappa shape index (κ1) is 14.0. The third-order valence-electron chi connectivity index (χ3n) is 2.59. The number of nitrogens with zero attached hydrogens (tertiary/aromatic N) is 1. The van der Waals surface area contributed by atoms with Crippen molar-refractivity contribution in [1.82, 2.24) is 4.98 Å². The smallest absolute Gasteiger partial charge is 0.255 e. The van der Waals surface area contributed by atoms with Gasteiger partial charge in [-0.05, 0) is 30.3 Å². The van der Waals surface area contributed by atoms with Gasteiger partial charge in [0.25, 0.3) is 5.91 Å². The summed E-state index contributed by atoms with van der Waals surface area (Å²) in [6.07, 6.45) is 3.25. The van der Waals surface area contributed by atoms with Crippen LogP contribution in [0, 0.1) is 0 Å². The lowest BCUT2D eigenvalue weighted by molar-refractivity contribution is 0.102. The summed E-state index contributed by atoms with van der Waals surface area (Å²) in [5, 5.41) is 2.79. The van der Waals surface area contributed by atoms with Gasteiger partial charge in [0.1, 0.15) is 12.4 Å². The maximum Gasteiger partial charge on any atom is 0.255 e. The Morgan fingerprint density at radius 1 is 1.20 bits per heavy atom. The van der Waals surface area contributed by atoms with Gasteiger partial charge in [-0.2, -0.15) is 0 Å². The Labute approximate surface area is 117 Å². The van der Waals surface area contributed by atoms with Crippen molar-refractivity contribution in [2.24, 2.45) is 0 Å². The average molecular weight is 272 g/mol. The van der Waals surface area contributed by atoms with Crippen LogP contribution in [0.25, 0.3) is 0 Å². The lowest BCUT2D eigenvalue weighted by atomic mass is 10.2. The first-order chi connectivity index (χ1) is 9.79. The van der Waals surface area contributed by atoms with Gasteiger partial charge in [0.2, 0.25) is 0 Å². The number of nitrogens with one attached hydrogen (secondary N) is 1. The van der Waals surface area contributed by atoms with Gasteiger partial charge < -0.3 is 14.8 Å². The molecule has 0 bridgehead atoms. The van der Waals surface area contributed by atoms with Crippen LogP contribution in [0.3, 0.4) is 0 Å². The van der Waals surface area contributed by atoms with E-state index in [-0.39, 0.29) is 5.91 Å². The van der Waals surface area contributed by atoms with Crippen molar-refractivity contribution in [3.63, 3.8) is 0 Å². The van der Waals surface area contributed by atoms with Crippen LogP contribution in [0.5, 0.6) is 5.75 Å². The van der Waals surface area contributed by atoms with E-state index in [2.05, 4.69) is 10.3 Å². The molecule has 0 aliphatic heterocycles. The van der Waals surface area contributed by atoms with E-state index in [1.54, 1.807) is 55.9 Å². The summed E-state index contributed by atoms with van der Waals surface area (Å²) in [5.74, 6) is 0.456. The van der Waals surface area contributed by atoms with E-state index in [1.807, 2.05) is 0 Å². The molecule has 0 spiro atoms. The quantitative estimate of drug-likeness (QED) is 0.820. The Morgan fingerprint density at radius 2 is 2.00 bits per heavy atom. The van der Waals surface area contributed by atoms with Gasteiger partial charge in [0, 0.05) is 30.8 Å². The Bertz CT molecular complexity index is 558. The van der Waals surface area contributed by atoms with Crippen LogP contribution in [0.4, 0.5) is 5.69 Å². The topological polar surface area (TPSA) is 60.5 Å². The van der Waals surface area contributed by atoms with Crippen LogP contribution >= 0.6 is 0 Å². The molecule has 1 N–H and O–H groups in total. The number of ether oxygens (including phenoxy) is 2. The fourth-order valence-corrected chi connectivity index (χ4v) is 1.61. The Kier molecular flexibility index (Phi) is 5.08. The summed E-state index contributed by atoms with van der Waals surface area (Å²) in [7, 11) is 1.61. The van der Waals surface area contributed by atoms with Gasteiger partial charge in [-0.1, -0.05) is 6.07 Å². The summed E-state index contributed by atoms with van der Waals surface area (Å²) < 4.78 is 10.4. The number of methoxy groups -OCH3 is 1. The Balaban J connectivity index is 2.01. The van der Waals surface area contributed by atoms with Gasteiger partial charge >= 0.3 is 0 Å². The van der Waals surface area contributed by atoms with Crippen molar-refractivity contribution < 1.29 is 14.3 Å². The van der Waals surface area contributed by atoms with Crippen molar-refractivity contribution in [3.8, 4) is 5.75 Å². The number of amides is 1. The van der Waals surface area contributed by atoms with Crippen LogP contribution in [0.2, 0.25) is 0 Å². The van der Waals surface area contributed by atoms with Crippen molar-refractivity contribution in [2.45, 2.75) is 0 Å². The van der Waals surface area contributed by atoms with E-state index in [1.165, 1.54) is 0 Å². The minimum absolute atomic E-state index is 0.187. The molecular weight excluding hydrogens is 256 g/mol. The minimum Gasteiger partial charge on any atom is -0.491 e. The highest BCUT2D eigenvalue weighted by molar-refractivity contribution is 6.04. The normalized spacial score (nSPS) is 10.1. The molecule has 1 heterocycles. The zero-order chi connectivity index (χ0) is 14.2. The maximum absolute atomic E-state index is 12.1. The summed E-state index contributed by atoms with van der Waals surface area (Å²) in [4.78, 5) is 16.0. The van der Waals surface area contributed by atoms with Gasteiger partial charge in [-0.3, -0.25) is 9.78 Å². The standard InChI is InChI=1S/C15H16N2O3/c1-19-9-10-20-14-4-2-3-12(11-14)15(18)17-13-5-7-16-8-6-13/h2-8,11H,9-10H2,1H3,(H,16,17,18). The largest absolute Gasteiger partial charge is 0.491 e. The molecule has 0 saturated carbocycles. The molecule has 1 amide bonds. The van der Waals surface area contributed by atoms with Crippen molar-refractivity contribution >= 4 is 11.6 Å². The number of aromatic nitrogens is 1. The second-order valence-corrected chi connectivity index (χ2v) is 4.06. The van der Waals surface area contributed by atoms with Crippen molar-refractivity contribution in [1.29, 1.82) is 0 Å². The van der Waals surface area contributed by atoms with Crippen molar-refractivity contribution in [2.75, 3.05) is 25.6 Å². The van der Waals surface area contributed by atoms with E-state index in [4.69, 9.17) is 9.47 Å². The zero-order valence-electron chi connectivity index (χ0n) is 11.2. The summed E-state index contributed by atoms with van der Waals surface area (Å²) in [5.41, 5.74) is 1.24. The molecule has 2 aromatic rings. The molecule has 0 aliphatic rings. The van der Waals surface area contributed by atoms with Crippen LogP contribution in [-0.2, 0) is 4.74 Å². The van der Waals surface area contributed by atoms with E-state index in [0.717, 1.165) is 0 Å². The number of anilines is 1. The minimum atomic E-state index is -0.187. The van der Waals surface area contributed by atoms with Gasteiger partial charge in [-0.15, -0.1) is 0 Å². The number of hydrogen-bond donors (Lipinski definition) is 1. The molecular formula is C15H16N2O3. The molecule has 0 aliphatic carbocycles. The maximum atomic E-state index is 12.1.